The first kappa shape index (κ1) is 27.1. The summed E-state index contributed by atoms with van der Waals surface area (Å²) in [6.07, 6.45) is 1.47. The molecule has 1 aromatic heterocycles. The van der Waals surface area contributed by atoms with Gasteiger partial charge in [-0.05, 0) is 60.9 Å². The van der Waals surface area contributed by atoms with Crippen molar-refractivity contribution in [3.8, 4) is 0 Å². The topological polar surface area (TPSA) is 118 Å². The second kappa shape index (κ2) is 11.6. The number of amides is 3. The van der Waals surface area contributed by atoms with Gasteiger partial charge in [0.05, 0.1) is 24.8 Å². The first-order valence-corrected chi connectivity index (χ1v) is 12.4. The molecular weight excluding hydrogens is 498 g/mol. The Balaban J connectivity index is 1.50. The van der Waals surface area contributed by atoms with E-state index < -0.39 is 23.7 Å². The summed E-state index contributed by atoms with van der Waals surface area (Å²) >= 11 is 0. The van der Waals surface area contributed by atoms with Crippen LogP contribution in [-0.2, 0) is 30.5 Å². The molecule has 9 heteroatoms. The van der Waals surface area contributed by atoms with Gasteiger partial charge in [-0.15, -0.1) is 0 Å². The van der Waals surface area contributed by atoms with Crippen molar-refractivity contribution in [1.82, 2.24) is 5.32 Å². The van der Waals surface area contributed by atoms with Gasteiger partial charge in [0.15, 0.2) is 0 Å². The zero-order valence-electron chi connectivity index (χ0n) is 22.1. The smallest absolute Gasteiger partial charge is 0.340 e. The number of carbonyl (C=O) groups excluding carboxylic acids is 4. The van der Waals surface area contributed by atoms with Crippen LogP contribution in [0.3, 0.4) is 0 Å². The van der Waals surface area contributed by atoms with Crippen molar-refractivity contribution in [3.63, 3.8) is 0 Å². The molecule has 0 bridgehead atoms. The van der Waals surface area contributed by atoms with Crippen LogP contribution in [0, 0.1) is 0 Å². The molecule has 0 spiro atoms. The zero-order chi connectivity index (χ0) is 28.1. The molecule has 3 amide bonds. The summed E-state index contributed by atoms with van der Waals surface area (Å²) in [5.41, 5.74) is 2.96. The molecule has 2 heterocycles. The Morgan fingerprint density at radius 1 is 0.974 bits per heavy atom. The Bertz CT molecular complexity index is 1470. The summed E-state index contributed by atoms with van der Waals surface area (Å²) in [4.78, 5) is 51.9. The van der Waals surface area contributed by atoms with Crippen LogP contribution in [0.25, 0.3) is 6.08 Å². The molecule has 39 heavy (non-hydrogen) atoms. The molecule has 1 aliphatic rings. The molecule has 0 aliphatic carbocycles. The highest BCUT2D eigenvalue weighted by molar-refractivity contribution is 6.39. The van der Waals surface area contributed by atoms with Crippen molar-refractivity contribution in [2.75, 3.05) is 17.3 Å². The molecule has 1 aliphatic heterocycles. The predicted molar refractivity (Wildman–Crippen MR) is 146 cm³/mol. The molecule has 4 rings (SSSR count). The van der Waals surface area contributed by atoms with E-state index in [-0.39, 0.29) is 17.7 Å². The van der Waals surface area contributed by atoms with Gasteiger partial charge in [0, 0.05) is 17.1 Å². The van der Waals surface area contributed by atoms with E-state index in [0.29, 0.717) is 34.5 Å². The summed E-state index contributed by atoms with van der Waals surface area (Å²) in [7, 11) is 1.26. The molecule has 2 aromatic carbocycles. The van der Waals surface area contributed by atoms with E-state index in [9.17, 15) is 19.2 Å². The van der Waals surface area contributed by atoms with Gasteiger partial charge >= 0.3 is 17.8 Å². The Kier molecular flexibility index (Phi) is 8.10. The fourth-order valence-corrected chi connectivity index (χ4v) is 4.17. The van der Waals surface area contributed by atoms with E-state index >= 15 is 0 Å². The Morgan fingerprint density at radius 2 is 1.67 bits per heavy atom. The number of hydrogen-bond acceptors (Lipinski definition) is 6. The Morgan fingerprint density at radius 3 is 2.31 bits per heavy atom. The van der Waals surface area contributed by atoms with E-state index in [1.54, 1.807) is 49.4 Å². The number of carbonyl (C=O) groups is 4. The van der Waals surface area contributed by atoms with Crippen molar-refractivity contribution < 1.29 is 28.3 Å². The number of hydrogen-bond donors (Lipinski definition) is 2. The van der Waals surface area contributed by atoms with Crippen LogP contribution >= 0.6 is 0 Å². The third-order valence-electron chi connectivity index (χ3n) is 6.24. The number of esters is 1. The number of para-hydroxylation sites is 1. The number of methoxy groups -OCH3 is 1. The highest BCUT2D eigenvalue weighted by atomic mass is 16.5. The monoisotopic (exact) mass is 527 g/mol. The molecule has 0 atom stereocenters. The van der Waals surface area contributed by atoms with Crippen LogP contribution in [-0.4, -0.2) is 30.8 Å². The van der Waals surface area contributed by atoms with Gasteiger partial charge in [0.25, 0.3) is 5.91 Å². The molecule has 0 radical (unpaired) electrons. The first-order chi connectivity index (χ1) is 18.7. The fraction of sp³-hybridized carbons (Fsp3) is 0.200. The molecule has 0 fully saturated rings. The van der Waals surface area contributed by atoms with Crippen molar-refractivity contribution in [2.45, 2.75) is 33.2 Å². The van der Waals surface area contributed by atoms with E-state index in [1.165, 1.54) is 18.1 Å². The van der Waals surface area contributed by atoms with Gasteiger partial charge < -0.3 is 19.8 Å². The summed E-state index contributed by atoms with van der Waals surface area (Å²) in [6.45, 7) is 5.80. The lowest BCUT2D eigenvalue weighted by atomic mass is 10.0. The Hall–Kier alpha value is -4.92. The molecular formula is C30H29N3O6. The lowest BCUT2D eigenvalue weighted by molar-refractivity contribution is -0.136. The van der Waals surface area contributed by atoms with Crippen molar-refractivity contribution >= 4 is 41.1 Å². The largest absolute Gasteiger partial charge is 0.465 e. The van der Waals surface area contributed by atoms with Crippen LogP contribution in [0.1, 0.15) is 43.8 Å². The predicted octanol–water partition coefficient (Wildman–Crippen LogP) is 4.54. The number of allylic oxidation sites excluding steroid dienone is 1. The summed E-state index contributed by atoms with van der Waals surface area (Å²) in [5.74, 6) is -1.69. The molecule has 9 nitrogen and oxygen atoms in total. The van der Waals surface area contributed by atoms with Gasteiger partial charge in [-0.2, -0.15) is 0 Å². The lowest BCUT2D eigenvalue weighted by Crippen LogP contribution is -2.34. The van der Waals surface area contributed by atoms with E-state index in [4.69, 9.17) is 9.15 Å². The first-order valence-electron chi connectivity index (χ1n) is 12.4. The second-order valence-electron chi connectivity index (χ2n) is 9.20. The maximum absolute atomic E-state index is 13.5. The lowest BCUT2D eigenvalue weighted by Gasteiger charge is -2.18. The normalized spacial score (nSPS) is 14.2. The van der Waals surface area contributed by atoms with Crippen LogP contribution in [0.15, 0.2) is 88.0 Å². The Labute approximate surface area is 226 Å². The van der Waals surface area contributed by atoms with Crippen LogP contribution in [0.5, 0.6) is 0 Å². The van der Waals surface area contributed by atoms with Crippen molar-refractivity contribution in [1.29, 1.82) is 0 Å². The SMILES string of the molecule is COC(=O)C1=C(C)N(c2ccc(C(C)C)cc2)C(=O)/C1=C/c1ccc(CNC(=O)C(=O)Nc2ccccc2)o1. The number of anilines is 2. The fourth-order valence-electron chi connectivity index (χ4n) is 4.17. The molecule has 0 saturated heterocycles. The molecule has 2 N–H and O–H groups in total. The molecule has 0 unspecified atom stereocenters. The number of ether oxygens (including phenoxy) is 1. The summed E-state index contributed by atoms with van der Waals surface area (Å²) in [6, 6.07) is 19.4. The van der Waals surface area contributed by atoms with Gasteiger partial charge in [-0.25, -0.2) is 4.79 Å². The van der Waals surface area contributed by atoms with E-state index in [0.717, 1.165) is 5.56 Å². The highest BCUT2D eigenvalue weighted by Crippen LogP contribution is 2.36. The molecule has 3 aromatic rings. The highest BCUT2D eigenvalue weighted by Gasteiger charge is 2.38. The minimum atomic E-state index is -0.827. The van der Waals surface area contributed by atoms with Gasteiger partial charge in [-0.3, -0.25) is 19.3 Å². The molecule has 200 valence electrons. The van der Waals surface area contributed by atoms with Gasteiger partial charge in [0.2, 0.25) is 0 Å². The van der Waals surface area contributed by atoms with Crippen molar-refractivity contribution in [2.24, 2.45) is 0 Å². The summed E-state index contributed by atoms with van der Waals surface area (Å²) in [5, 5.41) is 5.00. The minimum Gasteiger partial charge on any atom is -0.465 e. The standard InChI is InChI=1S/C30H29N3O6/c1-18(2)20-10-12-22(13-11-20)33-19(3)26(30(37)38-4)25(29(33)36)16-23-14-15-24(39-23)17-31-27(34)28(35)32-21-8-6-5-7-9-21/h5-16,18H,17H2,1-4H3,(H,31,34)(H,32,35)/b25-16+. The maximum atomic E-state index is 13.5. The van der Waals surface area contributed by atoms with Gasteiger partial charge in [0.1, 0.15) is 11.5 Å². The molecule has 0 saturated carbocycles. The quantitative estimate of drug-likeness (QED) is 0.265. The number of nitrogens with one attached hydrogen (secondary N) is 2. The van der Waals surface area contributed by atoms with E-state index in [1.807, 2.05) is 24.3 Å². The van der Waals surface area contributed by atoms with Crippen LogP contribution in [0.2, 0.25) is 0 Å². The van der Waals surface area contributed by atoms with Crippen LogP contribution < -0.4 is 15.5 Å². The average Bonchev–Trinajstić information content (AvgIpc) is 3.48. The number of nitrogens with zero attached hydrogens (tertiary/aromatic N) is 1. The number of benzene rings is 2. The average molecular weight is 528 g/mol. The van der Waals surface area contributed by atoms with Crippen LogP contribution in [0.4, 0.5) is 11.4 Å². The zero-order valence-corrected chi connectivity index (χ0v) is 22.1. The number of furan rings is 1. The van der Waals surface area contributed by atoms with Crippen molar-refractivity contribution in [3.05, 3.63) is 101 Å². The minimum absolute atomic E-state index is 0.0504. The maximum Gasteiger partial charge on any atom is 0.340 e. The summed E-state index contributed by atoms with van der Waals surface area (Å²) < 4.78 is 10.7. The van der Waals surface area contributed by atoms with Gasteiger partial charge in [-0.1, -0.05) is 44.2 Å². The van der Waals surface area contributed by atoms with E-state index in [2.05, 4.69) is 24.5 Å². The third-order valence-corrected chi connectivity index (χ3v) is 6.24. The number of rotatable bonds is 7. The second-order valence-corrected chi connectivity index (χ2v) is 9.20. The third kappa shape index (κ3) is 5.98.